The lowest BCUT2D eigenvalue weighted by atomic mass is 10.1. The minimum Gasteiger partial charge on any atom is -0.459 e. The second-order valence-corrected chi connectivity index (χ2v) is 7.16. The van der Waals surface area contributed by atoms with E-state index in [4.69, 9.17) is 4.42 Å². The molecule has 0 aromatic carbocycles. The van der Waals surface area contributed by atoms with Gasteiger partial charge in [-0.1, -0.05) is 13.8 Å². The molecule has 4 heterocycles. The second-order valence-electron chi connectivity index (χ2n) is 7.16. The van der Waals surface area contributed by atoms with Gasteiger partial charge in [-0.15, -0.1) is 0 Å². The van der Waals surface area contributed by atoms with E-state index in [1.54, 1.807) is 21.4 Å². The molecule has 2 atom stereocenters. The summed E-state index contributed by atoms with van der Waals surface area (Å²) in [5.74, 6) is 1.45. The molecule has 2 aliphatic heterocycles. The Labute approximate surface area is 139 Å². The van der Waals surface area contributed by atoms with E-state index in [1.807, 2.05) is 4.90 Å². The molecule has 7 heteroatoms. The van der Waals surface area contributed by atoms with E-state index in [0.29, 0.717) is 31.2 Å². The van der Waals surface area contributed by atoms with Gasteiger partial charge < -0.3 is 9.32 Å². The molecule has 7 nitrogen and oxygen atoms in total. The zero-order valence-corrected chi connectivity index (χ0v) is 14.0. The van der Waals surface area contributed by atoms with Crippen molar-refractivity contribution in [2.45, 2.75) is 58.3 Å². The van der Waals surface area contributed by atoms with Gasteiger partial charge in [0.2, 0.25) is 0 Å². The molecule has 0 aliphatic carbocycles. The fourth-order valence-corrected chi connectivity index (χ4v) is 3.91. The van der Waals surface area contributed by atoms with Gasteiger partial charge in [-0.2, -0.15) is 5.10 Å². The average Bonchev–Trinajstić information content (AvgIpc) is 3.20. The number of amides is 1. The van der Waals surface area contributed by atoms with E-state index in [0.717, 1.165) is 18.7 Å². The normalized spacial score (nSPS) is 22.7. The van der Waals surface area contributed by atoms with Crippen molar-refractivity contribution >= 4 is 5.91 Å². The third-order valence-corrected chi connectivity index (χ3v) is 4.94. The summed E-state index contributed by atoms with van der Waals surface area (Å²) < 4.78 is 8.61. The molecule has 24 heavy (non-hydrogen) atoms. The molecule has 2 aliphatic rings. The van der Waals surface area contributed by atoms with Crippen molar-refractivity contribution in [3.05, 3.63) is 40.5 Å². The highest BCUT2D eigenvalue weighted by Crippen LogP contribution is 2.31. The predicted octanol–water partition coefficient (Wildman–Crippen LogP) is 1.52. The van der Waals surface area contributed by atoms with Crippen LogP contribution >= 0.6 is 0 Å². The molecule has 1 saturated heterocycles. The van der Waals surface area contributed by atoms with E-state index in [9.17, 15) is 9.59 Å². The van der Waals surface area contributed by atoms with Crippen molar-refractivity contribution in [2.24, 2.45) is 5.92 Å². The first-order valence-corrected chi connectivity index (χ1v) is 8.57. The van der Waals surface area contributed by atoms with Crippen molar-refractivity contribution in [1.82, 2.24) is 19.2 Å². The Morgan fingerprint density at radius 2 is 2.17 bits per heavy atom. The fourth-order valence-electron chi connectivity index (χ4n) is 3.91. The van der Waals surface area contributed by atoms with Gasteiger partial charge >= 0.3 is 5.69 Å². The van der Waals surface area contributed by atoms with Crippen molar-refractivity contribution in [2.75, 3.05) is 0 Å². The Hall–Kier alpha value is -2.31. The number of hydrogen-bond donors (Lipinski definition) is 0. The number of fused-ring (bicyclic) bond motifs is 3. The monoisotopic (exact) mass is 330 g/mol. The first-order valence-electron chi connectivity index (χ1n) is 8.57. The summed E-state index contributed by atoms with van der Waals surface area (Å²) in [7, 11) is 0. The SMILES string of the molecule is CC(C)Cn1nc2n(c1=O)CC1CCC(C2)N1C(=O)c1ccco1. The highest BCUT2D eigenvalue weighted by atomic mass is 16.3. The number of hydrogen-bond acceptors (Lipinski definition) is 4. The smallest absolute Gasteiger partial charge is 0.345 e. The van der Waals surface area contributed by atoms with Crippen molar-refractivity contribution < 1.29 is 9.21 Å². The Balaban J connectivity index is 1.65. The molecular weight excluding hydrogens is 308 g/mol. The van der Waals surface area contributed by atoms with Gasteiger partial charge in [-0.25, -0.2) is 9.48 Å². The van der Waals surface area contributed by atoms with Crippen molar-refractivity contribution in [1.29, 1.82) is 0 Å². The minimum atomic E-state index is -0.0826. The van der Waals surface area contributed by atoms with Crippen LogP contribution in [0.4, 0.5) is 0 Å². The predicted molar refractivity (Wildman–Crippen MR) is 86.7 cm³/mol. The maximum Gasteiger partial charge on any atom is 0.345 e. The Kier molecular flexibility index (Phi) is 3.58. The summed E-state index contributed by atoms with van der Waals surface area (Å²) >= 11 is 0. The molecule has 2 aromatic heterocycles. The second kappa shape index (κ2) is 5.65. The Morgan fingerprint density at radius 3 is 2.88 bits per heavy atom. The lowest BCUT2D eigenvalue weighted by Crippen LogP contribution is -2.42. The molecule has 0 spiro atoms. The molecular formula is C17H22N4O3. The number of carbonyl (C=O) groups excluding carboxylic acids is 1. The van der Waals surface area contributed by atoms with Crippen LogP contribution in [-0.4, -0.2) is 37.2 Å². The summed E-state index contributed by atoms with van der Waals surface area (Å²) in [4.78, 5) is 27.3. The molecule has 1 amide bonds. The van der Waals surface area contributed by atoms with Crippen LogP contribution in [0.1, 0.15) is 43.1 Å². The van der Waals surface area contributed by atoms with E-state index in [-0.39, 0.29) is 23.7 Å². The summed E-state index contributed by atoms with van der Waals surface area (Å²) in [6, 6.07) is 3.54. The highest BCUT2D eigenvalue weighted by molar-refractivity contribution is 5.92. The van der Waals surface area contributed by atoms with Gasteiger partial charge in [0.05, 0.1) is 12.3 Å². The Bertz CT molecular complexity index is 802. The third-order valence-electron chi connectivity index (χ3n) is 4.94. The average molecular weight is 330 g/mol. The zero-order valence-electron chi connectivity index (χ0n) is 14.0. The van der Waals surface area contributed by atoms with Gasteiger partial charge in [0.25, 0.3) is 5.91 Å². The van der Waals surface area contributed by atoms with E-state index < -0.39 is 0 Å². The van der Waals surface area contributed by atoms with Gasteiger partial charge in [0, 0.05) is 25.6 Å². The van der Waals surface area contributed by atoms with Crippen LogP contribution in [0.25, 0.3) is 0 Å². The molecule has 1 fully saturated rings. The van der Waals surface area contributed by atoms with Crippen LogP contribution in [0.15, 0.2) is 27.6 Å². The zero-order chi connectivity index (χ0) is 16.8. The number of carbonyl (C=O) groups is 1. The maximum absolute atomic E-state index is 12.8. The first-order chi connectivity index (χ1) is 11.5. The van der Waals surface area contributed by atoms with Crippen LogP contribution in [0.3, 0.4) is 0 Å². The summed E-state index contributed by atoms with van der Waals surface area (Å²) in [6.07, 6.45) is 4.01. The molecule has 0 radical (unpaired) electrons. The maximum atomic E-state index is 12.8. The summed E-state index contributed by atoms with van der Waals surface area (Å²) in [6.45, 7) is 5.30. The van der Waals surface area contributed by atoms with Crippen LogP contribution in [-0.2, 0) is 19.5 Å². The molecule has 2 aromatic rings. The topological polar surface area (TPSA) is 73.3 Å². The fraction of sp³-hybridized carbons (Fsp3) is 0.588. The van der Waals surface area contributed by atoms with Gasteiger partial charge in [0.1, 0.15) is 5.82 Å². The number of furan rings is 1. The highest BCUT2D eigenvalue weighted by Gasteiger charge is 2.42. The third kappa shape index (κ3) is 2.39. The quantitative estimate of drug-likeness (QED) is 0.855. The van der Waals surface area contributed by atoms with Crippen LogP contribution in [0, 0.1) is 5.92 Å². The molecule has 128 valence electrons. The van der Waals surface area contributed by atoms with E-state index in [1.165, 1.54) is 6.26 Å². The molecule has 0 N–H and O–H groups in total. The van der Waals surface area contributed by atoms with E-state index in [2.05, 4.69) is 18.9 Å². The lowest BCUT2D eigenvalue weighted by Gasteiger charge is -2.26. The molecule has 2 unspecified atom stereocenters. The van der Waals surface area contributed by atoms with E-state index >= 15 is 0 Å². The number of aromatic nitrogens is 3. The first kappa shape index (κ1) is 15.2. The summed E-state index contributed by atoms with van der Waals surface area (Å²) in [5.41, 5.74) is -0.0587. The van der Waals surface area contributed by atoms with Crippen LogP contribution in [0.5, 0.6) is 0 Å². The van der Waals surface area contributed by atoms with Crippen molar-refractivity contribution in [3.8, 4) is 0 Å². The standard InChI is InChI=1S/C17H22N4O3/c1-11(2)9-20-17(23)19-10-13-6-5-12(8-15(19)18-20)21(13)16(22)14-4-3-7-24-14/h3-4,7,11-13H,5-6,8-10H2,1-2H3. The summed E-state index contributed by atoms with van der Waals surface area (Å²) in [5, 5.41) is 4.53. The number of rotatable bonds is 3. The molecule has 0 saturated carbocycles. The van der Waals surface area contributed by atoms with Crippen LogP contribution < -0.4 is 5.69 Å². The van der Waals surface area contributed by atoms with Gasteiger partial charge in [0.15, 0.2) is 5.76 Å². The minimum absolute atomic E-state index is 0.0308. The van der Waals surface area contributed by atoms with Gasteiger partial charge in [-0.05, 0) is 30.9 Å². The van der Waals surface area contributed by atoms with Gasteiger partial charge in [-0.3, -0.25) is 9.36 Å². The van der Waals surface area contributed by atoms with Crippen LogP contribution in [0.2, 0.25) is 0 Å². The molecule has 2 bridgehead atoms. The van der Waals surface area contributed by atoms with Crippen molar-refractivity contribution in [3.63, 3.8) is 0 Å². The lowest BCUT2D eigenvalue weighted by molar-refractivity contribution is 0.0632. The molecule has 4 rings (SSSR count). The largest absolute Gasteiger partial charge is 0.459 e. The number of nitrogens with zero attached hydrogens (tertiary/aromatic N) is 4. The Morgan fingerprint density at radius 1 is 1.38 bits per heavy atom.